The van der Waals surface area contributed by atoms with Crippen LogP contribution in [0.5, 0.6) is 0 Å². The third-order valence-corrected chi connectivity index (χ3v) is 4.02. The first-order valence-electron chi connectivity index (χ1n) is 5.29. The monoisotopic (exact) mass is 238 g/mol. The first kappa shape index (κ1) is 13.1. The van der Waals surface area contributed by atoms with Crippen LogP contribution in [-0.4, -0.2) is 22.1 Å². The van der Waals surface area contributed by atoms with Crippen molar-refractivity contribution in [2.24, 2.45) is 0 Å². The average molecular weight is 238 g/mol. The van der Waals surface area contributed by atoms with Crippen molar-refractivity contribution in [3.05, 3.63) is 35.9 Å². The van der Waals surface area contributed by atoms with Gasteiger partial charge in [-0.05, 0) is 18.2 Å². The molecule has 2 nitrogen and oxygen atoms in total. The van der Waals surface area contributed by atoms with Crippen molar-refractivity contribution in [2.75, 3.05) is 6.26 Å². The molecule has 0 aliphatic heterocycles. The molecule has 0 bridgehead atoms. The van der Waals surface area contributed by atoms with Crippen LogP contribution in [0.1, 0.15) is 31.7 Å². The SMILES string of the molecule is CSC(C)(C)C[C@H](C(=O)O)c1ccccc1. The van der Waals surface area contributed by atoms with E-state index in [9.17, 15) is 9.90 Å². The van der Waals surface area contributed by atoms with E-state index in [-0.39, 0.29) is 4.75 Å². The fraction of sp³-hybridized carbons (Fsp3) is 0.462. The largest absolute Gasteiger partial charge is 0.481 e. The van der Waals surface area contributed by atoms with Crippen LogP contribution in [0.2, 0.25) is 0 Å². The van der Waals surface area contributed by atoms with E-state index in [2.05, 4.69) is 13.8 Å². The number of thioether (sulfide) groups is 1. The molecule has 0 aliphatic carbocycles. The van der Waals surface area contributed by atoms with Crippen LogP contribution in [0.3, 0.4) is 0 Å². The van der Waals surface area contributed by atoms with Crippen LogP contribution in [0, 0.1) is 0 Å². The maximum Gasteiger partial charge on any atom is 0.311 e. The average Bonchev–Trinajstić information content (AvgIpc) is 2.27. The molecule has 0 aliphatic rings. The van der Waals surface area contributed by atoms with Crippen LogP contribution < -0.4 is 0 Å². The molecular formula is C13H18O2S. The molecule has 0 saturated carbocycles. The Labute approximate surface area is 101 Å². The fourth-order valence-corrected chi connectivity index (χ4v) is 1.94. The second-order valence-corrected chi connectivity index (χ2v) is 5.98. The summed E-state index contributed by atoms with van der Waals surface area (Å²) >= 11 is 1.70. The molecular weight excluding hydrogens is 220 g/mol. The molecule has 0 saturated heterocycles. The number of carboxylic acids is 1. The summed E-state index contributed by atoms with van der Waals surface area (Å²) in [7, 11) is 0. The summed E-state index contributed by atoms with van der Waals surface area (Å²) in [5.74, 6) is -1.16. The van der Waals surface area contributed by atoms with Crippen molar-refractivity contribution in [3.63, 3.8) is 0 Å². The number of carboxylic acid groups (broad SMARTS) is 1. The molecule has 0 aromatic heterocycles. The second kappa shape index (κ2) is 5.39. The lowest BCUT2D eigenvalue weighted by Gasteiger charge is -2.26. The van der Waals surface area contributed by atoms with Crippen LogP contribution in [-0.2, 0) is 4.79 Å². The van der Waals surface area contributed by atoms with Gasteiger partial charge in [0.15, 0.2) is 0 Å². The Balaban J connectivity index is 2.89. The fourth-order valence-electron chi connectivity index (χ4n) is 1.61. The Morgan fingerprint density at radius 3 is 2.38 bits per heavy atom. The number of carbonyl (C=O) groups is 1. The molecule has 1 aromatic carbocycles. The molecule has 0 spiro atoms. The highest BCUT2D eigenvalue weighted by molar-refractivity contribution is 7.99. The van der Waals surface area contributed by atoms with Crippen molar-refractivity contribution >= 4 is 17.7 Å². The first-order valence-corrected chi connectivity index (χ1v) is 6.51. The number of hydrogen-bond acceptors (Lipinski definition) is 2. The minimum atomic E-state index is -0.742. The zero-order chi connectivity index (χ0) is 12.2. The second-order valence-electron chi connectivity index (χ2n) is 4.47. The summed E-state index contributed by atoms with van der Waals surface area (Å²) in [6.07, 6.45) is 2.66. The topological polar surface area (TPSA) is 37.3 Å². The molecule has 1 rings (SSSR count). The minimum Gasteiger partial charge on any atom is -0.481 e. The lowest BCUT2D eigenvalue weighted by molar-refractivity contribution is -0.139. The quantitative estimate of drug-likeness (QED) is 0.854. The van der Waals surface area contributed by atoms with E-state index in [1.54, 1.807) is 11.8 Å². The number of aliphatic carboxylic acids is 1. The lowest BCUT2D eigenvalue weighted by Crippen LogP contribution is -2.23. The Bertz CT molecular complexity index is 346. The highest BCUT2D eigenvalue weighted by Gasteiger charge is 2.28. The van der Waals surface area contributed by atoms with Crippen molar-refractivity contribution < 1.29 is 9.90 Å². The predicted molar refractivity (Wildman–Crippen MR) is 69.0 cm³/mol. The Morgan fingerprint density at radius 2 is 1.94 bits per heavy atom. The van der Waals surface area contributed by atoms with Crippen molar-refractivity contribution in [2.45, 2.75) is 30.9 Å². The van der Waals surface area contributed by atoms with Gasteiger partial charge in [-0.2, -0.15) is 11.8 Å². The minimum absolute atomic E-state index is 0.0150. The van der Waals surface area contributed by atoms with E-state index in [4.69, 9.17) is 0 Å². The summed E-state index contributed by atoms with van der Waals surface area (Å²) in [5.41, 5.74) is 0.886. The maximum absolute atomic E-state index is 11.3. The van der Waals surface area contributed by atoms with Gasteiger partial charge in [0.05, 0.1) is 5.92 Å². The van der Waals surface area contributed by atoms with Crippen LogP contribution in [0.4, 0.5) is 0 Å². The Kier molecular flexibility index (Phi) is 4.42. The van der Waals surface area contributed by atoms with Gasteiger partial charge in [0.2, 0.25) is 0 Å². The Morgan fingerprint density at radius 1 is 1.38 bits per heavy atom. The molecule has 1 aromatic rings. The molecule has 3 heteroatoms. The third-order valence-electron chi connectivity index (χ3n) is 2.75. The predicted octanol–water partition coefficient (Wildman–Crippen LogP) is 3.39. The summed E-state index contributed by atoms with van der Waals surface area (Å²) < 4.78 is -0.0150. The number of rotatable bonds is 5. The highest BCUT2D eigenvalue weighted by atomic mass is 32.2. The molecule has 0 amide bonds. The van der Waals surface area contributed by atoms with E-state index in [0.29, 0.717) is 6.42 Å². The van der Waals surface area contributed by atoms with Gasteiger partial charge in [0.1, 0.15) is 0 Å². The van der Waals surface area contributed by atoms with Crippen molar-refractivity contribution in [1.29, 1.82) is 0 Å². The van der Waals surface area contributed by atoms with E-state index in [1.165, 1.54) is 0 Å². The van der Waals surface area contributed by atoms with Crippen LogP contribution in [0.25, 0.3) is 0 Å². The molecule has 0 radical (unpaired) electrons. The van der Waals surface area contributed by atoms with E-state index in [0.717, 1.165) is 5.56 Å². The molecule has 88 valence electrons. The molecule has 1 N–H and O–H groups in total. The first-order chi connectivity index (χ1) is 7.46. The smallest absolute Gasteiger partial charge is 0.311 e. The van der Waals surface area contributed by atoms with Gasteiger partial charge in [0, 0.05) is 4.75 Å². The number of hydrogen-bond donors (Lipinski definition) is 1. The molecule has 0 unspecified atom stereocenters. The van der Waals surface area contributed by atoms with Crippen molar-refractivity contribution in [3.8, 4) is 0 Å². The van der Waals surface area contributed by atoms with E-state index < -0.39 is 11.9 Å². The number of benzene rings is 1. The molecule has 1 atom stereocenters. The molecule has 16 heavy (non-hydrogen) atoms. The highest BCUT2D eigenvalue weighted by Crippen LogP contribution is 2.34. The van der Waals surface area contributed by atoms with Gasteiger partial charge in [-0.25, -0.2) is 0 Å². The summed E-state index contributed by atoms with van der Waals surface area (Å²) in [6, 6.07) is 9.45. The zero-order valence-electron chi connectivity index (χ0n) is 9.93. The lowest BCUT2D eigenvalue weighted by atomic mass is 9.90. The zero-order valence-corrected chi connectivity index (χ0v) is 10.8. The summed E-state index contributed by atoms with van der Waals surface area (Å²) in [4.78, 5) is 11.3. The van der Waals surface area contributed by atoms with Crippen LogP contribution >= 0.6 is 11.8 Å². The van der Waals surface area contributed by atoms with Gasteiger partial charge in [-0.15, -0.1) is 0 Å². The van der Waals surface area contributed by atoms with Gasteiger partial charge in [-0.3, -0.25) is 4.79 Å². The summed E-state index contributed by atoms with van der Waals surface area (Å²) in [6.45, 7) is 4.16. The normalized spacial score (nSPS) is 13.4. The van der Waals surface area contributed by atoms with Gasteiger partial charge in [0.25, 0.3) is 0 Å². The molecule has 0 heterocycles. The maximum atomic E-state index is 11.3. The summed E-state index contributed by atoms with van der Waals surface area (Å²) in [5, 5.41) is 9.28. The van der Waals surface area contributed by atoms with Gasteiger partial charge >= 0.3 is 5.97 Å². The van der Waals surface area contributed by atoms with Gasteiger partial charge in [-0.1, -0.05) is 44.2 Å². The molecule has 0 fully saturated rings. The van der Waals surface area contributed by atoms with Gasteiger partial charge < -0.3 is 5.11 Å². The van der Waals surface area contributed by atoms with E-state index in [1.807, 2.05) is 36.6 Å². The van der Waals surface area contributed by atoms with Crippen LogP contribution in [0.15, 0.2) is 30.3 Å². The van der Waals surface area contributed by atoms with Crippen molar-refractivity contribution in [1.82, 2.24) is 0 Å². The standard InChI is InChI=1S/C13H18O2S/c1-13(2,16-3)9-11(12(14)15)10-7-5-4-6-8-10/h4-8,11H,9H2,1-3H3,(H,14,15)/t11-/m0/s1. The van der Waals surface area contributed by atoms with E-state index >= 15 is 0 Å². The third kappa shape index (κ3) is 3.56. The Hall–Kier alpha value is -0.960.